The van der Waals surface area contributed by atoms with E-state index in [1.54, 1.807) is 20.8 Å². The van der Waals surface area contributed by atoms with Crippen LogP contribution in [0.5, 0.6) is 0 Å². The maximum absolute atomic E-state index is 12.5. The van der Waals surface area contributed by atoms with E-state index in [1.165, 1.54) is 6.20 Å². The Morgan fingerprint density at radius 3 is 2.47 bits per heavy atom. The summed E-state index contributed by atoms with van der Waals surface area (Å²) >= 11 is 5.61. The highest BCUT2D eigenvalue weighted by Gasteiger charge is 2.33. The van der Waals surface area contributed by atoms with Crippen LogP contribution < -0.4 is 4.90 Å². The zero-order valence-corrected chi connectivity index (χ0v) is 10.5. The first-order chi connectivity index (χ1) is 7.70. The molecule has 0 aliphatic heterocycles. The molecule has 0 saturated heterocycles. The van der Waals surface area contributed by atoms with Crippen LogP contribution in [-0.2, 0) is 0 Å². The summed E-state index contributed by atoms with van der Waals surface area (Å²) in [5.41, 5.74) is 0.562. The molecule has 0 radical (unpaired) electrons. The van der Waals surface area contributed by atoms with Gasteiger partial charge >= 0.3 is 6.18 Å². The molecule has 0 saturated carbocycles. The zero-order valence-electron chi connectivity index (χ0n) is 9.72. The number of halogens is 4. The molecular weight excluding hydrogens is 255 g/mol. The largest absolute Gasteiger partial charge is 0.405 e. The van der Waals surface area contributed by atoms with Gasteiger partial charge < -0.3 is 4.90 Å². The van der Waals surface area contributed by atoms with E-state index >= 15 is 0 Å². The second-order valence-corrected chi connectivity index (χ2v) is 4.32. The number of anilines is 1. The minimum atomic E-state index is -4.28. The monoisotopic (exact) mass is 267 g/mol. The number of hydrogen-bond acceptors (Lipinski definition) is 3. The smallest absolute Gasteiger partial charge is 0.345 e. The molecule has 1 aromatic rings. The van der Waals surface area contributed by atoms with Gasteiger partial charge in [0.05, 0.1) is 0 Å². The second kappa shape index (κ2) is 5.08. The molecule has 1 heterocycles. The van der Waals surface area contributed by atoms with Crippen LogP contribution in [0.1, 0.15) is 19.4 Å². The number of rotatable bonds is 3. The molecule has 0 amide bonds. The fraction of sp³-hybridized carbons (Fsp3) is 0.600. The SMILES string of the molecule is Cc1cnc(Cl)nc1N(CC(F)(F)F)C(C)C. The van der Waals surface area contributed by atoms with Crippen molar-refractivity contribution < 1.29 is 13.2 Å². The van der Waals surface area contributed by atoms with Crippen molar-refractivity contribution in [2.24, 2.45) is 0 Å². The van der Waals surface area contributed by atoms with Crippen LogP contribution >= 0.6 is 11.6 Å². The van der Waals surface area contributed by atoms with Crippen LogP contribution in [0.25, 0.3) is 0 Å². The fourth-order valence-electron chi connectivity index (χ4n) is 1.40. The lowest BCUT2D eigenvalue weighted by Crippen LogP contribution is -2.40. The fourth-order valence-corrected chi connectivity index (χ4v) is 1.53. The maximum Gasteiger partial charge on any atom is 0.405 e. The molecule has 3 nitrogen and oxygen atoms in total. The molecule has 0 atom stereocenters. The summed E-state index contributed by atoms with van der Waals surface area (Å²) < 4.78 is 37.4. The number of aryl methyl sites for hydroxylation is 1. The van der Waals surface area contributed by atoms with E-state index in [4.69, 9.17) is 11.6 Å². The van der Waals surface area contributed by atoms with Crippen LogP contribution in [0.3, 0.4) is 0 Å². The normalized spacial score (nSPS) is 12.0. The highest BCUT2D eigenvalue weighted by atomic mass is 35.5. The van der Waals surface area contributed by atoms with Crippen molar-refractivity contribution in [1.82, 2.24) is 9.97 Å². The summed E-state index contributed by atoms with van der Waals surface area (Å²) in [6, 6.07) is -0.332. The van der Waals surface area contributed by atoms with Crippen LogP contribution in [-0.4, -0.2) is 28.7 Å². The molecule has 0 bridgehead atoms. The van der Waals surface area contributed by atoms with Crippen molar-refractivity contribution in [1.29, 1.82) is 0 Å². The lowest BCUT2D eigenvalue weighted by Gasteiger charge is -2.29. The molecule has 0 N–H and O–H groups in total. The van der Waals surface area contributed by atoms with Gasteiger partial charge in [0.1, 0.15) is 12.4 Å². The van der Waals surface area contributed by atoms with Crippen molar-refractivity contribution in [2.45, 2.75) is 33.0 Å². The van der Waals surface area contributed by atoms with E-state index in [2.05, 4.69) is 9.97 Å². The predicted octanol–water partition coefficient (Wildman–Crippen LogP) is 3.22. The molecule has 0 unspecified atom stereocenters. The Hall–Kier alpha value is -1.04. The summed E-state index contributed by atoms with van der Waals surface area (Å²) in [6.07, 6.45) is -2.87. The standard InChI is InChI=1S/C10H13ClF3N3/c1-6(2)17(5-10(12,13)14)8-7(3)4-15-9(11)16-8/h4,6H,5H2,1-3H3. The van der Waals surface area contributed by atoms with E-state index in [0.29, 0.717) is 5.56 Å². The van der Waals surface area contributed by atoms with E-state index in [9.17, 15) is 13.2 Å². The highest BCUT2D eigenvalue weighted by Crippen LogP contribution is 2.25. The van der Waals surface area contributed by atoms with Crippen molar-refractivity contribution in [3.8, 4) is 0 Å². The van der Waals surface area contributed by atoms with Gasteiger partial charge in [-0.3, -0.25) is 0 Å². The maximum atomic E-state index is 12.5. The molecule has 0 aromatic carbocycles. The first-order valence-electron chi connectivity index (χ1n) is 5.03. The lowest BCUT2D eigenvalue weighted by atomic mass is 10.2. The average molecular weight is 268 g/mol. The van der Waals surface area contributed by atoms with Gasteiger partial charge in [-0.05, 0) is 32.4 Å². The van der Waals surface area contributed by atoms with Gasteiger partial charge in [0, 0.05) is 17.8 Å². The Morgan fingerprint density at radius 1 is 1.41 bits per heavy atom. The van der Waals surface area contributed by atoms with Gasteiger partial charge in [0.15, 0.2) is 0 Å². The van der Waals surface area contributed by atoms with Crippen LogP contribution in [0, 0.1) is 6.92 Å². The Kier molecular flexibility index (Phi) is 4.19. The zero-order chi connectivity index (χ0) is 13.2. The van der Waals surface area contributed by atoms with Gasteiger partial charge in [0.25, 0.3) is 0 Å². The Morgan fingerprint density at radius 2 is 2.00 bits per heavy atom. The molecule has 17 heavy (non-hydrogen) atoms. The third-order valence-electron chi connectivity index (χ3n) is 2.16. The van der Waals surface area contributed by atoms with Crippen molar-refractivity contribution in [3.63, 3.8) is 0 Å². The quantitative estimate of drug-likeness (QED) is 0.788. The van der Waals surface area contributed by atoms with E-state index in [0.717, 1.165) is 4.90 Å². The molecule has 0 spiro atoms. The topological polar surface area (TPSA) is 29.0 Å². The summed E-state index contributed by atoms with van der Waals surface area (Å²) in [4.78, 5) is 8.74. The highest BCUT2D eigenvalue weighted by molar-refractivity contribution is 6.28. The molecule has 0 aliphatic carbocycles. The summed E-state index contributed by atoms with van der Waals surface area (Å²) in [6.45, 7) is 3.93. The number of hydrogen-bond donors (Lipinski definition) is 0. The minimum Gasteiger partial charge on any atom is -0.345 e. The van der Waals surface area contributed by atoms with Crippen molar-refractivity contribution in [3.05, 3.63) is 17.0 Å². The predicted molar refractivity (Wildman–Crippen MR) is 60.3 cm³/mol. The van der Waals surface area contributed by atoms with Crippen molar-refractivity contribution >= 4 is 17.4 Å². The average Bonchev–Trinajstić information content (AvgIpc) is 2.17. The number of aromatic nitrogens is 2. The first kappa shape index (κ1) is 14.0. The van der Waals surface area contributed by atoms with Gasteiger partial charge in [-0.25, -0.2) is 9.97 Å². The minimum absolute atomic E-state index is 0.0570. The van der Waals surface area contributed by atoms with Gasteiger partial charge in [-0.2, -0.15) is 13.2 Å². The third kappa shape index (κ3) is 4.03. The Balaban J connectivity index is 3.10. The molecular formula is C10H13ClF3N3. The van der Waals surface area contributed by atoms with Gasteiger partial charge in [-0.15, -0.1) is 0 Å². The van der Waals surface area contributed by atoms with Crippen LogP contribution in [0.15, 0.2) is 6.20 Å². The number of alkyl halides is 3. The summed E-state index contributed by atoms with van der Waals surface area (Å²) in [7, 11) is 0. The Labute approximate surface area is 103 Å². The van der Waals surface area contributed by atoms with Gasteiger partial charge in [-0.1, -0.05) is 0 Å². The molecule has 96 valence electrons. The molecule has 7 heteroatoms. The van der Waals surface area contributed by atoms with Gasteiger partial charge in [0.2, 0.25) is 5.28 Å². The van der Waals surface area contributed by atoms with E-state index < -0.39 is 12.7 Å². The molecule has 1 rings (SSSR count). The number of nitrogens with zero attached hydrogens (tertiary/aromatic N) is 3. The summed E-state index contributed by atoms with van der Waals surface area (Å²) in [5.74, 6) is 0.220. The van der Waals surface area contributed by atoms with Crippen LogP contribution in [0.2, 0.25) is 5.28 Å². The molecule has 0 aliphatic rings. The Bertz CT molecular complexity index is 393. The second-order valence-electron chi connectivity index (χ2n) is 3.98. The molecule has 1 aromatic heterocycles. The third-order valence-corrected chi connectivity index (χ3v) is 2.34. The lowest BCUT2D eigenvalue weighted by molar-refractivity contribution is -0.120. The van der Waals surface area contributed by atoms with Crippen LogP contribution in [0.4, 0.5) is 19.0 Å². The van der Waals surface area contributed by atoms with E-state index in [-0.39, 0.29) is 17.1 Å². The molecule has 0 fully saturated rings. The van der Waals surface area contributed by atoms with Crippen molar-refractivity contribution in [2.75, 3.05) is 11.4 Å². The summed E-state index contributed by atoms with van der Waals surface area (Å²) in [5, 5.41) is -0.0570. The first-order valence-corrected chi connectivity index (χ1v) is 5.41. The van der Waals surface area contributed by atoms with E-state index in [1.807, 2.05) is 0 Å².